The smallest absolute Gasteiger partial charge is 0.224 e. The topological polar surface area (TPSA) is 48.5 Å². The lowest BCUT2D eigenvalue weighted by Crippen LogP contribution is -2.43. The second-order valence-electron chi connectivity index (χ2n) is 9.84. The van der Waals surface area contributed by atoms with Crippen molar-refractivity contribution in [3.63, 3.8) is 0 Å². The first-order chi connectivity index (χ1) is 17.0. The summed E-state index contributed by atoms with van der Waals surface area (Å²) in [5.74, 6) is 0.298. The molecule has 182 valence electrons. The molecule has 0 radical (unpaired) electrons. The normalized spacial score (nSPS) is 20.4. The SMILES string of the molecule is CC(=O)N1c2ccc(-c3ccc(CN4CCCCC4)cc3)cc2[C@@H](Nc2ccc(F)cn2)C[C@H]1C. The van der Waals surface area contributed by atoms with Crippen LogP contribution in [0.3, 0.4) is 0 Å². The molecule has 2 aliphatic heterocycles. The summed E-state index contributed by atoms with van der Waals surface area (Å²) >= 11 is 0. The second-order valence-corrected chi connectivity index (χ2v) is 9.84. The van der Waals surface area contributed by atoms with E-state index in [-0.39, 0.29) is 23.8 Å². The maximum absolute atomic E-state index is 13.4. The van der Waals surface area contributed by atoms with E-state index in [1.165, 1.54) is 50.2 Å². The van der Waals surface area contributed by atoms with E-state index in [1.54, 1.807) is 13.0 Å². The number of hydrogen-bond donors (Lipinski definition) is 1. The minimum Gasteiger partial charge on any atom is -0.363 e. The molecule has 1 aromatic heterocycles. The number of nitrogens with zero attached hydrogens (tertiary/aromatic N) is 3. The van der Waals surface area contributed by atoms with Crippen molar-refractivity contribution in [3.05, 3.63) is 77.7 Å². The van der Waals surface area contributed by atoms with Crippen LogP contribution in [0.25, 0.3) is 11.1 Å². The number of amides is 1. The lowest BCUT2D eigenvalue weighted by atomic mass is 9.89. The minimum atomic E-state index is -0.360. The van der Waals surface area contributed by atoms with Crippen LogP contribution in [-0.4, -0.2) is 34.9 Å². The zero-order valence-electron chi connectivity index (χ0n) is 20.5. The number of piperidine rings is 1. The second kappa shape index (κ2) is 10.2. The molecule has 1 saturated heterocycles. The molecule has 3 aromatic rings. The monoisotopic (exact) mass is 472 g/mol. The van der Waals surface area contributed by atoms with Crippen molar-refractivity contribution < 1.29 is 9.18 Å². The van der Waals surface area contributed by atoms with Crippen molar-refractivity contribution in [3.8, 4) is 11.1 Å². The van der Waals surface area contributed by atoms with Crippen molar-refractivity contribution >= 4 is 17.4 Å². The van der Waals surface area contributed by atoms with Gasteiger partial charge in [0.15, 0.2) is 0 Å². The third-order valence-corrected chi connectivity index (χ3v) is 7.21. The van der Waals surface area contributed by atoms with E-state index in [4.69, 9.17) is 0 Å². The van der Waals surface area contributed by atoms with E-state index in [9.17, 15) is 9.18 Å². The summed E-state index contributed by atoms with van der Waals surface area (Å²) in [5.41, 5.74) is 5.58. The number of fused-ring (bicyclic) bond motifs is 1. The van der Waals surface area contributed by atoms with E-state index in [0.29, 0.717) is 5.82 Å². The van der Waals surface area contributed by atoms with Crippen LogP contribution >= 0.6 is 0 Å². The van der Waals surface area contributed by atoms with Gasteiger partial charge in [-0.05, 0) is 85.8 Å². The van der Waals surface area contributed by atoms with Gasteiger partial charge in [-0.3, -0.25) is 9.69 Å². The predicted molar refractivity (Wildman–Crippen MR) is 139 cm³/mol. The Morgan fingerprint density at radius 3 is 2.46 bits per heavy atom. The standard InChI is InChI=1S/C29H33FN4O/c1-20-16-27(32-29-13-11-25(30)18-31-29)26-17-24(10-12-28(26)34(20)21(2)35)23-8-6-22(7-9-23)19-33-14-4-3-5-15-33/h6-13,17-18,20,27H,3-5,14-16,19H2,1-2H3,(H,31,32)/t20-,27+/m1/s1. The Labute approximate surface area is 207 Å². The summed E-state index contributed by atoms with van der Waals surface area (Å²) in [5, 5.41) is 3.47. The maximum atomic E-state index is 13.4. The first-order valence-corrected chi connectivity index (χ1v) is 12.6. The van der Waals surface area contributed by atoms with Gasteiger partial charge in [0.05, 0.1) is 12.2 Å². The van der Waals surface area contributed by atoms with Crippen LogP contribution in [0.4, 0.5) is 15.9 Å². The van der Waals surface area contributed by atoms with Gasteiger partial charge >= 0.3 is 0 Å². The molecule has 2 aliphatic rings. The number of carbonyl (C=O) groups is 1. The number of likely N-dealkylation sites (tertiary alicyclic amines) is 1. The molecule has 5 nitrogen and oxygen atoms in total. The van der Waals surface area contributed by atoms with Crippen LogP contribution in [0.15, 0.2) is 60.8 Å². The van der Waals surface area contributed by atoms with Gasteiger partial charge < -0.3 is 10.2 Å². The molecule has 5 rings (SSSR count). The predicted octanol–water partition coefficient (Wildman–Crippen LogP) is 6.17. The third kappa shape index (κ3) is 5.22. The third-order valence-electron chi connectivity index (χ3n) is 7.21. The summed E-state index contributed by atoms with van der Waals surface area (Å²) in [6.45, 7) is 7.06. The molecule has 2 atom stereocenters. The molecule has 35 heavy (non-hydrogen) atoms. The van der Waals surface area contributed by atoms with E-state index >= 15 is 0 Å². The molecule has 0 bridgehead atoms. The Bertz CT molecular complexity index is 1170. The van der Waals surface area contributed by atoms with E-state index in [1.807, 2.05) is 4.90 Å². The highest BCUT2D eigenvalue weighted by molar-refractivity contribution is 5.94. The summed E-state index contributed by atoms with van der Waals surface area (Å²) in [4.78, 5) is 21.1. The van der Waals surface area contributed by atoms with Crippen LogP contribution in [-0.2, 0) is 11.3 Å². The lowest BCUT2D eigenvalue weighted by molar-refractivity contribution is -0.117. The summed E-state index contributed by atoms with van der Waals surface area (Å²) in [7, 11) is 0. The van der Waals surface area contributed by atoms with Crippen LogP contribution in [0, 0.1) is 5.82 Å². The summed E-state index contributed by atoms with van der Waals surface area (Å²) in [6.07, 6.45) is 5.90. The Hall–Kier alpha value is -3.25. The lowest BCUT2D eigenvalue weighted by Gasteiger charge is -2.39. The Kier molecular flexibility index (Phi) is 6.82. The largest absolute Gasteiger partial charge is 0.363 e. The Morgan fingerprint density at radius 1 is 1.03 bits per heavy atom. The fourth-order valence-corrected chi connectivity index (χ4v) is 5.48. The van der Waals surface area contributed by atoms with Crippen molar-refractivity contribution in [1.29, 1.82) is 0 Å². The molecule has 2 aromatic carbocycles. The van der Waals surface area contributed by atoms with Crippen LogP contribution in [0.1, 0.15) is 56.7 Å². The molecule has 0 spiro atoms. The molecule has 3 heterocycles. The number of nitrogens with one attached hydrogen (secondary N) is 1. The molecular weight excluding hydrogens is 439 g/mol. The zero-order valence-corrected chi connectivity index (χ0v) is 20.5. The van der Waals surface area contributed by atoms with Gasteiger partial charge in [-0.2, -0.15) is 0 Å². The first-order valence-electron chi connectivity index (χ1n) is 12.6. The van der Waals surface area contributed by atoms with E-state index in [2.05, 4.69) is 64.6 Å². The van der Waals surface area contributed by atoms with Crippen molar-refractivity contribution in [2.45, 2.75) is 58.2 Å². The van der Waals surface area contributed by atoms with Crippen LogP contribution in [0.2, 0.25) is 0 Å². The number of hydrogen-bond acceptors (Lipinski definition) is 4. The highest BCUT2D eigenvalue weighted by atomic mass is 19.1. The minimum absolute atomic E-state index is 0.0342. The highest BCUT2D eigenvalue weighted by Gasteiger charge is 2.32. The van der Waals surface area contributed by atoms with Crippen molar-refractivity contribution in [1.82, 2.24) is 9.88 Å². The van der Waals surface area contributed by atoms with Gasteiger partial charge in [0.2, 0.25) is 5.91 Å². The molecular formula is C29H33FN4O. The Balaban J connectivity index is 1.43. The highest BCUT2D eigenvalue weighted by Crippen LogP contribution is 2.41. The van der Waals surface area contributed by atoms with Gasteiger partial charge in [0.25, 0.3) is 0 Å². The first kappa shape index (κ1) is 23.5. The summed E-state index contributed by atoms with van der Waals surface area (Å²) < 4.78 is 13.4. The number of anilines is 2. The van der Waals surface area contributed by atoms with Crippen LogP contribution in [0.5, 0.6) is 0 Å². The molecule has 0 unspecified atom stereocenters. The van der Waals surface area contributed by atoms with Crippen molar-refractivity contribution in [2.75, 3.05) is 23.3 Å². The maximum Gasteiger partial charge on any atom is 0.224 e. The van der Waals surface area contributed by atoms with Gasteiger partial charge in [0, 0.05) is 25.2 Å². The van der Waals surface area contributed by atoms with Gasteiger partial charge in [-0.15, -0.1) is 0 Å². The fourth-order valence-electron chi connectivity index (χ4n) is 5.48. The molecule has 1 amide bonds. The van der Waals surface area contributed by atoms with Gasteiger partial charge in [-0.1, -0.05) is 36.8 Å². The number of aromatic nitrogens is 1. The van der Waals surface area contributed by atoms with Gasteiger partial charge in [-0.25, -0.2) is 9.37 Å². The zero-order chi connectivity index (χ0) is 24.4. The van der Waals surface area contributed by atoms with Crippen molar-refractivity contribution in [2.24, 2.45) is 0 Å². The number of pyridine rings is 1. The number of rotatable bonds is 5. The Morgan fingerprint density at radius 2 is 1.77 bits per heavy atom. The van der Waals surface area contributed by atoms with E-state index < -0.39 is 0 Å². The fraction of sp³-hybridized carbons (Fsp3) is 0.379. The molecule has 1 fully saturated rings. The summed E-state index contributed by atoms with van der Waals surface area (Å²) in [6, 6.07) is 18.2. The number of benzene rings is 2. The quantitative estimate of drug-likeness (QED) is 0.482. The molecule has 1 N–H and O–H groups in total. The average molecular weight is 473 g/mol. The number of carbonyl (C=O) groups excluding carboxylic acids is 1. The molecule has 0 aliphatic carbocycles. The molecule has 0 saturated carbocycles. The van der Waals surface area contributed by atoms with Gasteiger partial charge in [0.1, 0.15) is 11.6 Å². The average Bonchev–Trinajstić information content (AvgIpc) is 2.86. The number of halogens is 1. The van der Waals surface area contributed by atoms with E-state index in [0.717, 1.165) is 35.3 Å². The van der Waals surface area contributed by atoms with Crippen LogP contribution < -0.4 is 10.2 Å². The molecule has 6 heteroatoms.